The minimum absolute atomic E-state index is 0.0231. The zero-order valence-corrected chi connectivity index (χ0v) is 11.3. The molecule has 1 nitrogen and oxygen atoms in total. The Balaban J connectivity index is 1.84. The molecule has 0 spiro atoms. The van der Waals surface area contributed by atoms with Crippen LogP contribution < -0.4 is 5.73 Å². The summed E-state index contributed by atoms with van der Waals surface area (Å²) in [6.07, 6.45) is 11.9. The van der Waals surface area contributed by atoms with E-state index in [2.05, 4.69) is 24.3 Å². The molecule has 2 aliphatic rings. The fourth-order valence-corrected chi connectivity index (χ4v) is 3.83. The molecule has 2 aliphatic carbocycles. The summed E-state index contributed by atoms with van der Waals surface area (Å²) in [4.78, 5) is 0. The Morgan fingerprint density at radius 3 is 2.39 bits per heavy atom. The Morgan fingerprint density at radius 2 is 1.67 bits per heavy atom. The number of hydrogen-bond donors (Lipinski definition) is 1. The summed E-state index contributed by atoms with van der Waals surface area (Å²) >= 11 is 0. The van der Waals surface area contributed by atoms with Crippen molar-refractivity contribution in [2.45, 2.75) is 69.2 Å². The van der Waals surface area contributed by atoms with Crippen LogP contribution in [0.25, 0.3) is 0 Å². The molecule has 0 radical (unpaired) electrons. The van der Waals surface area contributed by atoms with Crippen molar-refractivity contribution in [2.75, 3.05) is 0 Å². The van der Waals surface area contributed by atoms with Gasteiger partial charge in [0.1, 0.15) is 0 Å². The van der Waals surface area contributed by atoms with Crippen LogP contribution in [-0.2, 0) is 5.54 Å². The summed E-state index contributed by atoms with van der Waals surface area (Å²) in [5.74, 6) is 0.795. The molecule has 3 rings (SSSR count). The van der Waals surface area contributed by atoms with Gasteiger partial charge in [0, 0.05) is 5.54 Å². The van der Waals surface area contributed by atoms with Crippen LogP contribution in [0.3, 0.4) is 0 Å². The van der Waals surface area contributed by atoms with Gasteiger partial charge in [-0.2, -0.15) is 0 Å². The molecular weight excluding hydrogens is 218 g/mol. The Bertz CT molecular complexity index is 398. The average molecular weight is 243 g/mol. The van der Waals surface area contributed by atoms with Crippen LogP contribution in [0.5, 0.6) is 0 Å². The van der Waals surface area contributed by atoms with Gasteiger partial charge in [-0.05, 0) is 42.7 Å². The maximum Gasteiger partial charge on any atom is 0.0409 e. The van der Waals surface area contributed by atoms with E-state index in [-0.39, 0.29) is 5.54 Å². The second-order valence-corrected chi connectivity index (χ2v) is 6.32. The topological polar surface area (TPSA) is 26.0 Å². The van der Waals surface area contributed by atoms with E-state index in [1.807, 2.05) is 0 Å². The molecular formula is C17H25N. The second kappa shape index (κ2) is 5.05. The molecule has 1 aromatic carbocycles. The van der Waals surface area contributed by atoms with Crippen molar-refractivity contribution in [1.82, 2.24) is 0 Å². The van der Waals surface area contributed by atoms with Gasteiger partial charge in [-0.3, -0.25) is 0 Å². The Kier molecular flexibility index (Phi) is 3.43. The van der Waals surface area contributed by atoms with E-state index in [0.717, 1.165) is 5.92 Å². The molecule has 2 fully saturated rings. The van der Waals surface area contributed by atoms with Gasteiger partial charge in [0.25, 0.3) is 0 Å². The minimum atomic E-state index is -0.0231. The first-order valence-electron chi connectivity index (χ1n) is 7.67. The van der Waals surface area contributed by atoms with E-state index < -0.39 is 0 Å². The highest BCUT2D eigenvalue weighted by Crippen LogP contribution is 2.39. The fraction of sp³-hybridized carbons (Fsp3) is 0.647. The van der Waals surface area contributed by atoms with Gasteiger partial charge in [0.2, 0.25) is 0 Å². The molecule has 0 bridgehead atoms. The third kappa shape index (κ3) is 2.33. The lowest BCUT2D eigenvalue weighted by Gasteiger charge is -2.27. The molecule has 0 aliphatic heterocycles. The number of benzene rings is 1. The van der Waals surface area contributed by atoms with Crippen molar-refractivity contribution >= 4 is 0 Å². The lowest BCUT2D eigenvalue weighted by Crippen LogP contribution is -2.33. The standard InChI is InChI=1S/C17H25N/c18-17(11-4-5-12-17)16-10-6-9-15(13-16)14-7-2-1-3-8-14/h6,9-10,13-14H,1-5,7-8,11-12,18H2. The van der Waals surface area contributed by atoms with E-state index in [1.165, 1.54) is 63.4 Å². The lowest BCUT2D eigenvalue weighted by atomic mass is 9.81. The van der Waals surface area contributed by atoms with Crippen molar-refractivity contribution < 1.29 is 0 Å². The monoisotopic (exact) mass is 243 g/mol. The zero-order valence-electron chi connectivity index (χ0n) is 11.3. The molecule has 0 aromatic heterocycles. The molecule has 0 atom stereocenters. The van der Waals surface area contributed by atoms with Gasteiger partial charge < -0.3 is 5.73 Å². The summed E-state index contributed by atoms with van der Waals surface area (Å²) in [6, 6.07) is 9.21. The number of nitrogens with two attached hydrogens (primary N) is 1. The molecule has 2 N–H and O–H groups in total. The van der Waals surface area contributed by atoms with Crippen molar-refractivity contribution in [3.63, 3.8) is 0 Å². The Hall–Kier alpha value is -0.820. The third-order valence-corrected chi connectivity index (χ3v) is 5.03. The fourth-order valence-electron chi connectivity index (χ4n) is 3.83. The first kappa shape index (κ1) is 12.2. The van der Waals surface area contributed by atoms with Crippen LogP contribution in [0.15, 0.2) is 24.3 Å². The molecule has 1 heteroatoms. The predicted molar refractivity (Wildman–Crippen MR) is 76.6 cm³/mol. The molecule has 0 heterocycles. The Morgan fingerprint density at radius 1 is 0.944 bits per heavy atom. The molecule has 0 unspecified atom stereocenters. The first-order valence-corrected chi connectivity index (χ1v) is 7.67. The molecule has 1 aromatic rings. The summed E-state index contributed by atoms with van der Waals surface area (Å²) in [5.41, 5.74) is 9.49. The predicted octanol–water partition coefficient (Wildman–Crippen LogP) is 4.46. The summed E-state index contributed by atoms with van der Waals surface area (Å²) in [6.45, 7) is 0. The Labute approximate surface area is 111 Å². The first-order chi connectivity index (χ1) is 8.78. The van der Waals surface area contributed by atoms with Crippen LogP contribution in [0.1, 0.15) is 74.8 Å². The molecule has 0 saturated heterocycles. The van der Waals surface area contributed by atoms with Crippen molar-refractivity contribution in [3.8, 4) is 0 Å². The van der Waals surface area contributed by atoms with Gasteiger partial charge >= 0.3 is 0 Å². The third-order valence-electron chi connectivity index (χ3n) is 5.03. The van der Waals surface area contributed by atoms with Crippen molar-refractivity contribution in [3.05, 3.63) is 35.4 Å². The number of rotatable bonds is 2. The van der Waals surface area contributed by atoms with Crippen LogP contribution in [0, 0.1) is 0 Å². The van der Waals surface area contributed by atoms with Crippen LogP contribution >= 0.6 is 0 Å². The largest absolute Gasteiger partial charge is 0.321 e. The van der Waals surface area contributed by atoms with Gasteiger partial charge in [0.15, 0.2) is 0 Å². The normalized spacial score (nSPS) is 24.3. The van der Waals surface area contributed by atoms with E-state index in [0.29, 0.717) is 0 Å². The van der Waals surface area contributed by atoms with E-state index >= 15 is 0 Å². The number of hydrogen-bond acceptors (Lipinski definition) is 1. The zero-order chi connectivity index (χ0) is 12.4. The van der Waals surface area contributed by atoms with Crippen molar-refractivity contribution in [1.29, 1.82) is 0 Å². The van der Waals surface area contributed by atoms with Gasteiger partial charge in [0.05, 0.1) is 0 Å². The van der Waals surface area contributed by atoms with E-state index in [1.54, 1.807) is 5.56 Å². The maximum absolute atomic E-state index is 6.58. The smallest absolute Gasteiger partial charge is 0.0409 e. The van der Waals surface area contributed by atoms with Crippen LogP contribution in [0.4, 0.5) is 0 Å². The van der Waals surface area contributed by atoms with Gasteiger partial charge in [-0.1, -0.05) is 56.4 Å². The van der Waals surface area contributed by atoms with Crippen LogP contribution in [0.2, 0.25) is 0 Å². The van der Waals surface area contributed by atoms with Gasteiger partial charge in [-0.25, -0.2) is 0 Å². The van der Waals surface area contributed by atoms with Crippen molar-refractivity contribution in [2.24, 2.45) is 5.73 Å². The van der Waals surface area contributed by atoms with Gasteiger partial charge in [-0.15, -0.1) is 0 Å². The lowest BCUT2D eigenvalue weighted by molar-refractivity contribution is 0.438. The van der Waals surface area contributed by atoms with Crippen LogP contribution in [-0.4, -0.2) is 0 Å². The minimum Gasteiger partial charge on any atom is -0.321 e. The van der Waals surface area contributed by atoms with E-state index in [9.17, 15) is 0 Å². The van der Waals surface area contributed by atoms with E-state index in [4.69, 9.17) is 5.73 Å². The molecule has 2 saturated carbocycles. The quantitative estimate of drug-likeness (QED) is 0.815. The summed E-state index contributed by atoms with van der Waals surface area (Å²) in [5, 5.41) is 0. The highest BCUT2D eigenvalue weighted by atomic mass is 14.8. The maximum atomic E-state index is 6.58. The molecule has 98 valence electrons. The highest BCUT2D eigenvalue weighted by molar-refractivity contribution is 5.32. The summed E-state index contributed by atoms with van der Waals surface area (Å²) in [7, 11) is 0. The molecule has 0 amide bonds. The average Bonchev–Trinajstić information content (AvgIpc) is 2.88. The highest BCUT2D eigenvalue weighted by Gasteiger charge is 2.31. The molecule has 18 heavy (non-hydrogen) atoms. The summed E-state index contributed by atoms with van der Waals surface area (Å²) < 4.78 is 0. The second-order valence-electron chi connectivity index (χ2n) is 6.32. The SMILES string of the molecule is NC1(c2cccc(C3CCCCC3)c2)CCCC1.